The van der Waals surface area contributed by atoms with E-state index in [1.807, 2.05) is 95.9 Å². The Kier molecular flexibility index (Phi) is 9.01. The Balaban J connectivity index is 1.06. The van der Waals surface area contributed by atoms with Crippen LogP contribution in [0.4, 0.5) is 16.2 Å². The molecule has 0 saturated carbocycles. The molecule has 0 aliphatic carbocycles. The van der Waals surface area contributed by atoms with E-state index in [1.165, 1.54) is 0 Å². The summed E-state index contributed by atoms with van der Waals surface area (Å²) in [7, 11) is 0. The lowest BCUT2D eigenvalue weighted by molar-refractivity contribution is -0.153. The van der Waals surface area contributed by atoms with Crippen molar-refractivity contribution in [1.29, 1.82) is 0 Å². The lowest BCUT2D eigenvalue weighted by atomic mass is 9.96. The second-order valence-electron chi connectivity index (χ2n) is 11.6. The molecular formula is C39H36N2O5. The van der Waals surface area contributed by atoms with Gasteiger partial charge in [-0.3, -0.25) is 4.90 Å². The monoisotopic (exact) mass is 612 g/mol. The molecule has 6 rings (SSSR count). The summed E-state index contributed by atoms with van der Waals surface area (Å²) in [5.74, 6) is 0.154. The summed E-state index contributed by atoms with van der Waals surface area (Å²) in [6, 6.07) is 42.6. The quantitative estimate of drug-likeness (QED) is 0.143. The zero-order valence-electron chi connectivity index (χ0n) is 25.7. The van der Waals surface area contributed by atoms with E-state index in [-0.39, 0.29) is 12.5 Å². The van der Waals surface area contributed by atoms with Crippen molar-refractivity contribution in [3.8, 4) is 22.6 Å². The van der Waals surface area contributed by atoms with Crippen molar-refractivity contribution in [2.75, 3.05) is 18.1 Å². The highest BCUT2D eigenvalue weighted by molar-refractivity contribution is 6.02. The molecule has 0 spiro atoms. The Morgan fingerprint density at radius 1 is 0.761 bits per heavy atom. The molecule has 5 aromatic rings. The summed E-state index contributed by atoms with van der Waals surface area (Å²) in [4.78, 5) is 29.5. The first kappa shape index (κ1) is 30.5. The van der Waals surface area contributed by atoms with Crippen molar-refractivity contribution < 1.29 is 24.2 Å². The Hall–Kier alpha value is -5.56. The SMILES string of the molecule is C[C@@](Cc1ccc(OCCCN2Cc3ccccc3N(c3ccc(-c4ccccc4)cc3)C2=O)cc1)(Oc1ccccc1)C(=O)O. The standard InChI is InChI=1S/C39H36N2O5/c1-39(37(42)43,46-35-14-6-3-7-15-35)27-29-17-23-34(24-18-29)45-26-10-25-40-28-32-13-8-9-16-36(32)41(38(40)44)33-21-19-31(20-22-33)30-11-4-2-5-12-30/h2-9,11-24H,10,25-28H2,1H3,(H,42,43)/t39-/m0/s1. The third-order valence-corrected chi connectivity index (χ3v) is 8.13. The molecule has 46 heavy (non-hydrogen) atoms. The maximum atomic E-state index is 13.8. The fourth-order valence-corrected chi connectivity index (χ4v) is 5.68. The van der Waals surface area contributed by atoms with E-state index in [1.54, 1.807) is 24.0 Å². The van der Waals surface area contributed by atoms with Crippen molar-refractivity contribution in [2.24, 2.45) is 0 Å². The summed E-state index contributed by atoms with van der Waals surface area (Å²) in [5, 5.41) is 9.89. The first-order chi connectivity index (χ1) is 22.4. The molecule has 0 aromatic heterocycles. The van der Waals surface area contributed by atoms with E-state index in [2.05, 4.69) is 30.3 Å². The minimum Gasteiger partial charge on any atom is -0.494 e. The summed E-state index contributed by atoms with van der Waals surface area (Å²) in [6.45, 7) is 3.09. The number of carbonyl (C=O) groups excluding carboxylic acids is 1. The van der Waals surface area contributed by atoms with Gasteiger partial charge in [0.05, 0.1) is 18.0 Å². The van der Waals surface area contributed by atoms with Gasteiger partial charge in [0.1, 0.15) is 11.5 Å². The van der Waals surface area contributed by atoms with E-state index >= 15 is 0 Å². The number of amides is 2. The van der Waals surface area contributed by atoms with E-state index in [9.17, 15) is 14.7 Å². The molecule has 1 aliphatic heterocycles. The number of anilines is 2. The van der Waals surface area contributed by atoms with Crippen LogP contribution >= 0.6 is 0 Å². The molecule has 1 heterocycles. The van der Waals surface area contributed by atoms with Crippen molar-refractivity contribution in [3.63, 3.8) is 0 Å². The Morgan fingerprint density at radius 3 is 2.09 bits per heavy atom. The zero-order valence-corrected chi connectivity index (χ0v) is 25.7. The van der Waals surface area contributed by atoms with Crippen LogP contribution in [-0.4, -0.2) is 40.8 Å². The molecule has 0 bridgehead atoms. The van der Waals surface area contributed by atoms with Crippen LogP contribution in [0.3, 0.4) is 0 Å². The molecule has 1 atom stereocenters. The molecule has 5 aromatic carbocycles. The lowest BCUT2D eigenvalue weighted by Crippen LogP contribution is -2.45. The largest absolute Gasteiger partial charge is 0.494 e. The van der Waals surface area contributed by atoms with Crippen molar-refractivity contribution >= 4 is 23.4 Å². The van der Waals surface area contributed by atoms with Crippen LogP contribution in [0.25, 0.3) is 11.1 Å². The Morgan fingerprint density at radius 2 is 1.39 bits per heavy atom. The van der Waals surface area contributed by atoms with Crippen LogP contribution in [0.1, 0.15) is 24.5 Å². The number of para-hydroxylation sites is 2. The topological polar surface area (TPSA) is 79.3 Å². The van der Waals surface area contributed by atoms with Crippen LogP contribution in [0.2, 0.25) is 0 Å². The lowest BCUT2D eigenvalue weighted by Gasteiger charge is -2.37. The highest BCUT2D eigenvalue weighted by Gasteiger charge is 2.36. The molecule has 0 radical (unpaired) electrons. The number of aliphatic carboxylic acids is 1. The highest BCUT2D eigenvalue weighted by Crippen LogP contribution is 2.36. The average molecular weight is 613 g/mol. The number of carboxylic acids is 1. The number of carbonyl (C=O) groups is 2. The van der Waals surface area contributed by atoms with Crippen LogP contribution in [0.5, 0.6) is 11.5 Å². The molecule has 1 N–H and O–H groups in total. The Labute approximate surface area is 269 Å². The zero-order chi connectivity index (χ0) is 31.9. The first-order valence-electron chi connectivity index (χ1n) is 15.4. The molecule has 232 valence electrons. The highest BCUT2D eigenvalue weighted by atomic mass is 16.5. The number of fused-ring (bicyclic) bond motifs is 1. The minimum absolute atomic E-state index is 0.0604. The van der Waals surface area contributed by atoms with Gasteiger partial charge in [-0.1, -0.05) is 91.0 Å². The normalized spacial score (nSPS) is 13.9. The van der Waals surface area contributed by atoms with Gasteiger partial charge in [-0.05, 0) is 78.1 Å². The number of ether oxygens (including phenoxy) is 2. The van der Waals surface area contributed by atoms with Gasteiger partial charge in [0, 0.05) is 19.5 Å². The second-order valence-corrected chi connectivity index (χ2v) is 11.6. The summed E-state index contributed by atoms with van der Waals surface area (Å²) in [5.41, 5.74) is 4.46. The third-order valence-electron chi connectivity index (χ3n) is 8.13. The van der Waals surface area contributed by atoms with E-state index in [0.29, 0.717) is 37.6 Å². The average Bonchev–Trinajstić information content (AvgIpc) is 3.08. The fourth-order valence-electron chi connectivity index (χ4n) is 5.68. The van der Waals surface area contributed by atoms with Crippen molar-refractivity contribution in [1.82, 2.24) is 4.90 Å². The molecule has 7 nitrogen and oxygen atoms in total. The van der Waals surface area contributed by atoms with E-state index in [4.69, 9.17) is 9.47 Å². The Bertz CT molecular complexity index is 1780. The van der Waals surface area contributed by atoms with Crippen LogP contribution in [-0.2, 0) is 17.8 Å². The van der Waals surface area contributed by atoms with Gasteiger partial charge < -0.3 is 19.5 Å². The molecule has 7 heteroatoms. The van der Waals surface area contributed by atoms with E-state index < -0.39 is 11.6 Å². The summed E-state index contributed by atoms with van der Waals surface area (Å²) in [6.07, 6.45) is 0.847. The van der Waals surface area contributed by atoms with Gasteiger partial charge in [-0.15, -0.1) is 0 Å². The van der Waals surface area contributed by atoms with Gasteiger partial charge in [-0.25, -0.2) is 9.59 Å². The van der Waals surface area contributed by atoms with Gasteiger partial charge in [0.2, 0.25) is 5.60 Å². The van der Waals surface area contributed by atoms with Gasteiger partial charge in [-0.2, -0.15) is 0 Å². The van der Waals surface area contributed by atoms with Crippen molar-refractivity contribution in [3.05, 3.63) is 145 Å². The number of benzene rings is 5. The van der Waals surface area contributed by atoms with Crippen LogP contribution < -0.4 is 14.4 Å². The first-order valence-corrected chi connectivity index (χ1v) is 15.4. The summed E-state index contributed by atoms with van der Waals surface area (Å²) < 4.78 is 11.9. The van der Waals surface area contributed by atoms with Crippen LogP contribution in [0.15, 0.2) is 133 Å². The number of hydrogen-bond donors (Lipinski definition) is 1. The number of hydrogen-bond acceptors (Lipinski definition) is 4. The van der Waals surface area contributed by atoms with Crippen LogP contribution in [0, 0.1) is 0 Å². The fraction of sp³-hybridized carbons (Fsp3) is 0.179. The van der Waals surface area contributed by atoms with Gasteiger partial charge >= 0.3 is 12.0 Å². The maximum Gasteiger partial charge on any atom is 0.348 e. The minimum atomic E-state index is -1.42. The van der Waals surface area contributed by atoms with Crippen molar-refractivity contribution in [2.45, 2.75) is 31.9 Å². The number of urea groups is 1. The second kappa shape index (κ2) is 13.6. The molecule has 0 unspecified atom stereocenters. The maximum absolute atomic E-state index is 13.8. The molecule has 1 aliphatic rings. The number of nitrogens with zero attached hydrogens (tertiary/aromatic N) is 2. The number of carboxylic acid groups (broad SMARTS) is 1. The molecular weight excluding hydrogens is 576 g/mol. The summed E-state index contributed by atoms with van der Waals surface area (Å²) >= 11 is 0. The van der Waals surface area contributed by atoms with E-state index in [0.717, 1.165) is 33.6 Å². The smallest absolute Gasteiger partial charge is 0.348 e. The van der Waals surface area contributed by atoms with Gasteiger partial charge in [0.25, 0.3) is 0 Å². The third kappa shape index (κ3) is 6.89. The molecule has 0 fully saturated rings. The molecule has 0 saturated heterocycles. The predicted molar refractivity (Wildman–Crippen MR) is 180 cm³/mol. The van der Waals surface area contributed by atoms with Gasteiger partial charge in [0.15, 0.2) is 0 Å². The molecule has 2 amide bonds. The number of rotatable bonds is 12. The predicted octanol–water partition coefficient (Wildman–Crippen LogP) is 8.36.